The lowest BCUT2D eigenvalue weighted by Gasteiger charge is -2.26. The molecule has 2 saturated heterocycles. The number of amides is 2. The average molecular weight is 441 g/mol. The molecule has 32 heavy (non-hydrogen) atoms. The number of nitrogens with two attached hydrogens (primary N) is 1. The van der Waals surface area contributed by atoms with Crippen molar-refractivity contribution in [3.8, 4) is 11.3 Å². The van der Waals surface area contributed by atoms with Crippen LogP contribution in [0.2, 0.25) is 0 Å². The van der Waals surface area contributed by atoms with Crippen molar-refractivity contribution in [1.82, 2.24) is 14.8 Å². The van der Waals surface area contributed by atoms with Gasteiger partial charge in [0.2, 0.25) is 0 Å². The predicted octanol–water partition coefficient (Wildman–Crippen LogP) is 1.49. The number of rotatable bonds is 3. The largest absolute Gasteiger partial charge is 0.481 e. The van der Waals surface area contributed by atoms with Gasteiger partial charge in [0.05, 0.1) is 18.9 Å². The number of carbonyl (C=O) groups is 3. The Bertz CT molecular complexity index is 912. The Kier molecular flexibility index (Phi) is 7.91. The van der Waals surface area contributed by atoms with Crippen LogP contribution in [-0.4, -0.2) is 83.1 Å². The fraction of sp³-hybridized carbons (Fsp3) is 0.391. The van der Waals surface area contributed by atoms with Gasteiger partial charge >= 0.3 is 0 Å². The highest BCUT2D eigenvalue weighted by molar-refractivity contribution is 5.97. The summed E-state index contributed by atoms with van der Waals surface area (Å²) < 4.78 is 5.31. The summed E-state index contributed by atoms with van der Waals surface area (Å²) in [5, 5.41) is 7.42. The summed E-state index contributed by atoms with van der Waals surface area (Å²) in [5.74, 6) is -0.874. The van der Waals surface area contributed by atoms with Crippen molar-refractivity contribution in [3.63, 3.8) is 0 Å². The van der Waals surface area contributed by atoms with Crippen molar-refractivity contribution in [1.29, 1.82) is 0 Å². The van der Waals surface area contributed by atoms with E-state index in [-0.39, 0.29) is 17.9 Å². The second kappa shape index (κ2) is 10.8. The minimum atomic E-state index is -0.833. The van der Waals surface area contributed by atoms with E-state index in [0.29, 0.717) is 56.2 Å². The third-order valence-electron chi connectivity index (χ3n) is 5.22. The molecule has 1 aromatic heterocycles. The van der Waals surface area contributed by atoms with Crippen LogP contribution in [0.1, 0.15) is 34.1 Å². The summed E-state index contributed by atoms with van der Waals surface area (Å²) in [5.41, 5.74) is 8.61. The predicted molar refractivity (Wildman–Crippen MR) is 118 cm³/mol. The molecule has 2 aliphatic heterocycles. The maximum absolute atomic E-state index is 12.7. The Labute approximate surface area is 186 Å². The lowest BCUT2D eigenvalue weighted by Crippen LogP contribution is -2.40. The van der Waals surface area contributed by atoms with Gasteiger partial charge in [-0.2, -0.15) is 0 Å². The second-order valence-electron chi connectivity index (χ2n) is 7.73. The molecule has 9 nitrogen and oxygen atoms in total. The molecule has 2 amide bonds. The molecule has 0 saturated carbocycles. The van der Waals surface area contributed by atoms with Crippen molar-refractivity contribution < 1.29 is 24.2 Å². The molecular formula is C23H28N4O5. The highest BCUT2D eigenvalue weighted by Crippen LogP contribution is 2.22. The molecule has 1 unspecified atom stereocenters. The Morgan fingerprint density at radius 2 is 1.69 bits per heavy atom. The molecule has 0 bridgehead atoms. The number of carboxylic acids is 1. The van der Waals surface area contributed by atoms with Crippen LogP contribution in [0.3, 0.4) is 0 Å². The molecule has 3 N–H and O–H groups in total. The average Bonchev–Trinajstić information content (AvgIpc) is 3.25. The van der Waals surface area contributed by atoms with E-state index < -0.39 is 5.97 Å². The summed E-state index contributed by atoms with van der Waals surface area (Å²) >= 11 is 0. The summed E-state index contributed by atoms with van der Waals surface area (Å²) in [4.78, 5) is 42.5. The van der Waals surface area contributed by atoms with Crippen molar-refractivity contribution in [3.05, 3.63) is 53.7 Å². The lowest BCUT2D eigenvalue weighted by molar-refractivity contribution is -0.134. The molecule has 2 aromatic rings. The minimum absolute atomic E-state index is 0.0182. The van der Waals surface area contributed by atoms with Crippen LogP contribution in [0, 0.1) is 0 Å². The maximum atomic E-state index is 12.7. The van der Waals surface area contributed by atoms with Crippen LogP contribution in [0.4, 0.5) is 0 Å². The smallest absolute Gasteiger partial charge is 0.300 e. The van der Waals surface area contributed by atoms with E-state index in [9.17, 15) is 9.59 Å². The first-order chi connectivity index (χ1) is 15.3. The molecule has 2 fully saturated rings. The van der Waals surface area contributed by atoms with Crippen LogP contribution >= 0.6 is 0 Å². The number of nitrogens with zero attached hydrogens (tertiary/aromatic N) is 3. The Morgan fingerprint density at radius 3 is 2.34 bits per heavy atom. The van der Waals surface area contributed by atoms with Gasteiger partial charge in [-0.3, -0.25) is 19.4 Å². The van der Waals surface area contributed by atoms with E-state index in [2.05, 4.69) is 4.98 Å². The van der Waals surface area contributed by atoms with Gasteiger partial charge in [0.25, 0.3) is 17.8 Å². The monoisotopic (exact) mass is 440 g/mol. The fourth-order valence-electron chi connectivity index (χ4n) is 3.64. The molecular weight excluding hydrogens is 412 g/mol. The number of ether oxygens (including phenoxy) is 1. The first kappa shape index (κ1) is 23.4. The van der Waals surface area contributed by atoms with Crippen LogP contribution in [0.5, 0.6) is 0 Å². The molecule has 170 valence electrons. The standard InChI is InChI=1S/C21H24N4O3.C2H4O2/c22-18-5-7-25(14-18)21(27)16-3-1-2-15(12-16)19-13-17(4-6-23-19)20(26)24-8-10-28-11-9-24;1-2(3)4/h1-4,6,12-13,18H,5,7-11,14,22H2;1H3,(H,3,4). The van der Waals surface area contributed by atoms with Gasteiger partial charge in [0.1, 0.15) is 0 Å². The summed E-state index contributed by atoms with van der Waals surface area (Å²) in [7, 11) is 0. The van der Waals surface area contributed by atoms with Gasteiger partial charge < -0.3 is 25.4 Å². The summed E-state index contributed by atoms with van der Waals surface area (Å²) in [6, 6.07) is 10.9. The van der Waals surface area contributed by atoms with Crippen LogP contribution in [0.25, 0.3) is 11.3 Å². The molecule has 3 heterocycles. The minimum Gasteiger partial charge on any atom is -0.481 e. The lowest BCUT2D eigenvalue weighted by atomic mass is 10.0. The van der Waals surface area contributed by atoms with E-state index in [1.807, 2.05) is 18.2 Å². The quantitative estimate of drug-likeness (QED) is 0.740. The number of carbonyl (C=O) groups excluding carboxylic acids is 2. The Hall–Kier alpha value is -3.30. The molecule has 1 atom stereocenters. The SMILES string of the molecule is CC(=O)O.NC1CCN(C(=O)c2cccc(-c3cc(C(=O)N4CCOCC4)ccn3)c2)C1. The first-order valence-electron chi connectivity index (χ1n) is 10.5. The van der Waals surface area contributed by atoms with E-state index in [0.717, 1.165) is 18.9 Å². The van der Waals surface area contributed by atoms with Crippen LogP contribution < -0.4 is 5.73 Å². The molecule has 9 heteroatoms. The van der Waals surface area contributed by atoms with Gasteiger partial charge in [-0.05, 0) is 30.7 Å². The van der Waals surface area contributed by atoms with Crippen molar-refractivity contribution in [2.75, 3.05) is 39.4 Å². The van der Waals surface area contributed by atoms with Crippen molar-refractivity contribution in [2.45, 2.75) is 19.4 Å². The van der Waals surface area contributed by atoms with Gasteiger partial charge in [0.15, 0.2) is 0 Å². The van der Waals surface area contributed by atoms with E-state index >= 15 is 0 Å². The molecule has 2 aliphatic rings. The highest BCUT2D eigenvalue weighted by Gasteiger charge is 2.25. The van der Waals surface area contributed by atoms with E-state index in [4.69, 9.17) is 20.4 Å². The number of aromatic nitrogens is 1. The highest BCUT2D eigenvalue weighted by atomic mass is 16.5. The number of carboxylic acid groups (broad SMARTS) is 1. The molecule has 0 spiro atoms. The number of hydrogen-bond acceptors (Lipinski definition) is 6. The number of benzene rings is 1. The van der Waals surface area contributed by atoms with Crippen LogP contribution in [0.15, 0.2) is 42.6 Å². The second-order valence-corrected chi connectivity index (χ2v) is 7.73. The number of pyridine rings is 1. The summed E-state index contributed by atoms with van der Waals surface area (Å²) in [6.45, 7) is 4.68. The van der Waals surface area contributed by atoms with Crippen molar-refractivity contribution >= 4 is 17.8 Å². The Morgan fingerprint density at radius 1 is 1.03 bits per heavy atom. The van der Waals surface area contributed by atoms with Gasteiger partial charge in [-0.1, -0.05) is 12.1 Å². The molecule has 0 aliphatic carbocycles. The summed E-state index contributed by atoms with van der Waals surface area (Å²) in [6.07, 6.45) is 2.47. The molecule has 1 aromatic carbocycles. The van der Waals surface area contributed by atoms with Gasteiger partial charge in [-0.15, -0.1) is 0 Å². The number of morpholine rings is 1. The zero-order valence-electron chi connectivity index (χ0n) is 18.1. The molecule has 4 rings (SSSR count). The van der Waals surface area contributed by atoms with E-state index in [1.165, 1.54) is 0 Å². The number of aliphatic carboxylic acids is 1. The van der Waals surface area contributed by atoms with Crippen molar-refractivity contribution in [2.24, 2.45) is 5.73 Å². The zero-order valence-corrected chi connectivity index (χ0v) is 18.1. The van der Waals surface area contributed by atoms with E-state index in [1.54, 1.807) is 34.2 Å². The third-order valence-corrected chi connectivity index (χ3v) is 5.22. The number of hydrogen-bond donors (Lipinski definition) is 2. The topological polar surface area (TPSA) is 126 Å². The Balaban J connectivity index is 0.000000668. The maximum Gasteiger partial charge on any atom is 0.300 e. The van der Waals surface area contributed by atoms with Crippen LogP contribution in [-0.2, 0) is 9.53 Å². The molecule has 0 radical (unpaired) electrons. The normalized spacial score (nSPS) is 18.0. The van der Waals surface area contributed by atoms with Gasteiger partial charge in [0, 0.05) is 62.0 Å². The fourth-order valence-corrected chi connectivity index (χ4v) is 3.64. The first-order valence-corrected chi connectivity index (χ1v) is 10.5. The van der Waals surface area contributed by atoms with Gasteiger partial charge in [-0.25, -0.2) is 0 Å². The third kappa shape index (κ3) is 6.12. The number of likely N-dealkylation sites (tertiary alicyclic amines) is 1. The zero-order chi connectivity index (χ0) is 23.1.